The number of ether oxygens (including phenoxy) is 1. The molecule has 0 aliphatic rings. The first-order valence-corrected chi connectivity index (χ1v) is 13.6. The molecular weight excluding hydrogens is 591 g/mol. The van der Waals surface area contributed by atoms with Gasteiger partial charge in [0.25, 0.3) is 0 Å². The van der Waals surface area contributed by atoms with Crippen molar-refractivity contribution in [2.75, 3.05) is 24.3 Å². The van der Waals surface area contributed by atoms with Crippen molar-refractivity contribution < 1.29 is 12.6 Å². The maximum absolute atomic E-state index is 12.0. The maximum atomic E-state index is 12.0. The van der Waals surface area contributed by atoms with Crippen LogP contribution in [0.15, 0.2) is 79.7 Å². The Labute approximate surface area is 239 Å². The lowest BCUT2D eigenvalue weighted by atomic mass is 9.98. The van der Waals surface area contributed by atoms with E-state index in [1.54, 1.807) is 12.2 Å². The number of hydrogen-bond acceptors (Lipinski definition) is 7. The molecule has 1 heterocycles. The molecule has 0 aliphatic heterocycles. The number of unbranched alkanes of at least 4 members (excludes halogenated alkanes) is 1. The van der Waals surface area contributed by atoms with Crippen LogP contribution in [0.4, 0.5) is 11.6 Å². The van der Waals surface area contributed by atoms with Gasteiger partial charge in [-0.25, -0.2) is 9.97 Å². The Kier molecular flexibility index (Phi) is 11.8. The minimum Gasteiger partial charge on any atom is -0.457 e. The Bertz CT molecular complexity index is 1220. The molecule has 38 heavy (non-hydrogen) atoms. The highest BCUT2D eigenvalue weighted by Gasteiger charge is 2.22. The smallest absolute Gasteiger partial charge is 0.155 e. The Morgan fingerprint density at radius 3 is 2.50 bits per heavy atom. The number of nitrogens with two attached hydrogens (primary N) is 1. The molecule has 7 nitrogen and oxygen atoms in total. The van der Waals surface area contributed by atoms with Crippen molar-refractivity contribution in [3.8, 4) is 11.5 Å². The number of nitrogen functional groups attached to an aromatic ring is 1. The van der Waals surface area contributed by atoms with Crippen molar-refractivity contribution in [3.05, 3.63) is 90.8 Å². The van der Waals surface area contributed by atoms with E-state index in [1.807, 2.05) is 84.7 Å². The van der Waals surface area contributed by atoms with Crippen molar-refractivity contribution >= 4 is 46.0 Å². The summed E-state index contributed by atoms with van der Waals surface area (Å²) in [6.07, 6.45) is 9.00. The molecule has 1 aromatic heterocycles. The van der Waals surface area contributed by atoms with Gasteiger partial charge in [-0.2, -0.15) is 0 Å². The van der Waals surface area contributed by atoms with E-state index in [2.05, 4.69) is 28.4 Å². The topological polar surface area (TPSA) is 90.6 Å². The van der Waals surface area contributed by atoms with Crippen molar-refractivity contribution in [2.45, 2.75) is 45.1 Å². The molecule has 2 aromatic carbocycles. The van der Waals surface area contributed by atoms with E-state index < -0.39 is 0 Å². The summed E-state index contributed by atoms with van der Waals surface area (Å²) in [7, 11) is 2.03. The first kappa shape index (κ1) is 29.3. The molecule has 1 unspecified atom stereocenters. The predicted octanol–water partition coefficient (Wildman–Crippen LogP) is 7.18. The third-order valence-corrected chi connectivity index (χ3v) is 6.73. The summed E-state index contributed by atoms with van der Waals surface area (Å²) in [6.45, 7) is 6.94. The number of aromatic nitrogens is 2. The number of allylic oxidation sites excluding steroid dienone is 1. The van der Waals surface area contributed by atoms with Crippen LogP contribution in [0, 0.1) is 0 Å². The fourth-order valence-electron chi connectivity index (χ4n) is 4.26. The standard InChI is InChI=1S/C30H35IN4O3/c1-4-24(11-8-9-12-25(36)13-10-20-37-31)35(3)30-28(29(32)33-21-34-30)22(2)23-16-18-27(19-17-23)38-26-14-6-5-7-15-26/h5-7,10,13-19,21,24H,2,4,8-9,11-12,20H2,1,3H3,(H2,32,33,34). The molecule has 0 amide bonds. The van der Waals surface area contributed by atoms with E-state index in [4.69, 9.17) is 13.5 Å². The Morgan fingerprint density at radius 2 is 1.82 bits per heavy atom. The highest BCUT2D eigenvalue weighted by atomic mass is 127. The van der Waals surface area contributed by atoms with Crippen molar-refractivity contribution in [1.82, 2.24) is 9.97 Å². The quantitative estimate of drug-likeness (QED) is 0.109. The predicted molar refractivity (Wildman–Crippen MR) is 163 cm³/mol. The normalized spacial score (nSPS) is 11.9. The number of anilines is 2. The molecule has 0 spiro atoms. The van der Waals surface area contributed by atoms with Gasteiger partial charge in [0, 0.05) is 19.5 Å². The second-order valence-corrected chi connectivity index (χ2v) is 9.56. The van der Waals surface area contributed by atoms with Crippen molar-refractivity contribution in [3.63, 3.8) is 0 Å². The largest absolute Gasteiger partial charge is 0.457 e. The molecule has 0 aliphatic carbocycles. The van der Waals surface area contributed by atoms with Crippen LogP contribution >= 0.6 is 23.0 Å². The van der Waals surface area contributed by atoms with Gasteiger partial charge in [0.05, 0.1) is 12.2 Å². The second kappa shape index (κ2) is 15.2. The summed E-state index contributed by atoms with van der Waals surface area (Å²) < 4.78 is 10.8. The molecule has 8 heteroatoms. The zero-order valence-electron chi connectivity index (χ0n) is 22.0. The van der Waals surface area contributed by atoms with E-state index in [0.29, 0.717) is 18.8 Å². The van der Waals surface area contributed by atoms with Crippen LogP contribution < -0.4 is 15.4 Å². The van der Waals surface area contributed by atoms with Crippen LogP contribution in [0.25, 0.3) is 5.57 Å². The number of carbonyl (C=O) groups excluding carboxylic acids is 1. The highest BCUT2D eigenvalue weighted by molar-refractivity contribution is 14.1. The lowest BCUT2D eigenvalue weighted by Gasteiger charge is -2.30. The monoisotopic (exact) mass is 626 g/mol. The van der Waals surface area contributed by atoms with Crippen molar-refractivity contribution in [2.24, 2.45) is 0 Å². The third kappa shape index (κ3) is 8.39. The fourth-order valence-corrected chi connectivity index (χ4v) is 4.47. The molecule has 1 atom stereocenters. The van der Waals surface area contributed by atoms with Gasteiger partial charge in [-0.15, -0.1) is 0 Å². The van der Waals surface area contributed by atoms with Crippen LogP contribution in [0.3, 0.4) is 0 Å². The molecular formula is C30H35IN4O3. The van der Waals surface area contributed by atoms with Crippen LogP contribution in [0.2, 0.25) is 0 Å². The third-order valence-electron chi connectivity index (χ3n) is 6.37. The minimum absolute atomic E-state index is 0.127. The molecule has 0 saturated heterocycles. The number of benzene rings is 2. The molecule has 3 aromatic rings. The summed E-state index contributed by atoms with van der Waals surface area (Å²) in [5.41, 5.74) is 8.74. The van der Waals surface area contributed by atoms with Gasteiger partial charge in [0.2, 0.25) is 0 Å². The highest BCUT2D eigenvalue weighted by Crippen LogP contribution is 2.34. The van der Waals surface area contributed by atoms with Gasteiger partial charge < -0.3 is 18.4 Å². The average molecular weight is 627 g/mol. The molecule has 0 bridgehead atoms. The Balaban J connectivity index is 1.68. The number of nitrogens with zero attached hydrogens (tertiary/aromatic N) is 3. The molecule has 0 radical (unpaired) electrons. The van der Waals surface area contributed by atoms with Gasteiger partial charge >= 0.3 is 0 Å². The van der Waals surface area contributed by atoms with E-state index in [-0.39, 0.29) is 11.8 Å². The number of hydrogen-bond donors (Lipinski definition) is 1. The molecule has 2 N–H and O–H groups in total. The molecule has 200 valence electrons. The van der Waals surface area contributed by atoms with Crippen LogP contribution in [-0.4, -0.2) is 35.4 Å². The summed E-state index contributed by atoms with van der Waals surface area (Å²) in [5, 5.41) is 0. The Morgan fingerprint density at radius 1 is 1.11 bits per heavy atom. The van der Waals surface area contributed by atoms with Gasteiger partial charge in [-0.3, -0.25) is 4.79 Å². The SMILES string of the molecule is C=C(c1ccc(Oc2ccccc2)cc1)c1c(N)ncnc1N(C)C(CC)CCCCC(=O)C=CCOI. The van der Waals surface area contributed by atoms with E-state index in [0.717, 1.165) is 59.7 Å². The van der Waals surface area contributed by atoms with Crippen LogP contribution in [0.1, 0.15) is 50.2 Å². The summed E-state index contributed by atoms with van der Waals surface area (Å²) in [6, 6.07) is 17.6. The van der Waals surface area contributed by atoms with Crippen LogP contribution in [-0.2, 0) is 7.86 Å². The Hall–Kier alpha value is -3.24. The molecule has 0 fully saturated rings. The lowest BCUT2D eigenvalue weighted by Crippen LogP contribution is -2.33. The van der Waals surface area contributed by atoms with E-state index >= 15 is 0 Å². The number of carbonyl (C=O) groups is 1. The van der Waals surface area contributed by atoms with Crippen molar-refractivity contribution in [1.29, 1.82) is 0 Å². The molecule has 0 saturated carbocycles. The van der Waals surface area contributed by atoms with Gasteiger partial charge in [-0.1, -0.05) is 56.3 Å². The molecule has 3 rings (SSSR count). The zero-order chi connectivity index (χ0) is 27.3. The second-order valence-electron chi connectivity index (χ2n) is 8.94. The summed E-state index contributed by atoms with van der Waals surface area (Å²) in [4.78, 5) is 23.0. The minimum atomic E-state index is 0.127. The summed E-state index contributed by atoms with van der Waals surface area (Å²) in [5.74, 6) is 2.78. The van der Waals surface area contributed by atoms with Crippen LogP contribution in [0.5, 0.6) is 11.5 Å². The number of ketones is 1. The fraction of sp³-hybridized carbons (Fsp3) is 0.300. The number of halogens is 1. The first-order chi connectivity index (χ1) is 18.4. The first-order valence-electron chi connectivity index (χ1n) is 12.7. The van der Waals surface area contributed by atoms with Gasteiger partial charge in [0.15, 0.2) is 5.78 Å². The lowest BCUT2D eigenvalue weighted by molar-refractivity contribution is -0.114. The average Bonchev–Trinajstić information content (AvgIpc) is 2.93. The van der Waals surface area contributed by atoms with Gasteiger partial charge in [-0.05, 0) is 60.7 Å². The van der Waals surface area contributed by atoms with E-state index in [9.17, 15) is 4.79 Å². The van der Waals surface area contributed by atoms with Gasteiger partial charge in [0.1, 0.15) is 52.5 Å². The number of para-hydroxylation sites is 1. The zero-order valence-corrected chi connectivity index (χ0v) is 24.1. The van der Waals surface area contributed by atoms with E-state index in [1.165, 1.54) is 6.33 Å². The maximum Gasteiger partial charge on any atom is 0.155 e. The number of rotatable bonds is 15. The summed E-state index contributed by atoms with van der Waals surface area (Å²) >= 11 is 1.81.